The maximum absolute atomic E-state index is 12.6. The molecule has 2 aromatic rings. The molecule has 0 atom stereocenters. The van der Waals surface area contributed by atoms with Crippen molar-refractivity contribution in [1.29, 1.82) is 0 Å². The average molecular weight is 342 g/mol. The van der Waals surface area contributed by atoms with E-state index in [9.17, 15) is 18.0 Å². The number of amides is 1. The van der Waals surface area contributed by atoms with Crippen LogP contribution in [0, 0.1) is 20.8 Å². The third-order valence-corrected chi connectivity index (χ3v) is 3.79. The van der Waals surface area contributed by atoms with Crippen LogP contribution in [0.15, 0.2) is 22.7 Å². The second-order valence-corrected chi connectivity index (χ2v) is 5.40. The Bertz CT molecular complexity index is 754. The number of halogens is 3. The number of likely N-dealkylation sites (N-methyl/N-ethyl adjacent to an activating group) is 1. The summed E-state index contributed by atoms with van der Waals surface area (Å²) in [5, 5.41) is 2.94. The standard InChI is InChI=1S/C16H17F3N2O3/c1-9-6-5-7-12(10(9)2)21(4)13(22)8-23-15-11(3)14(20-24-15)16(17,18)19/h5-7H,8H2,1-4H3. The van der Waals surface area contributed by atoms with Gasteiger partial charge in [-0.15, -0.1) is 0 Å². The van der Waals surface area contributed by atoms with Crippen molar-refractivity contribution in [3.05, 3.63) is 40.6 Å². The van der Waals surface area contributed by atoms with Gasteiger partial charge in [0.05, 0.1) is 5.56 Å². The van der Waals surface area contributed by atoms with E-state index in [-0.39, 0.29) is 5.56 Å². The van der Waals surface area contributed by atoms with Gasteiger partial charge >= 0.3 is 12.1 Å². The predicted octanol–water partition coefficient (Wildman–Crippen LogP) is 3.66. The number of alkyl halides is 3. The molecule has 0 N–H and O–H groups in total. The van der Waals surface area contributed by atoms with Gasteiger partial charge in [-0.05, 0) is 38.0 Å². The molecular weight excluding hydrogens is 325 g/mol. The SMILES string of the molecule is Cc1cccc(N(C)C(=O)COc2onc(C(F)(F)F)c2C)c1C. The summed E-state index contributed by atoms with van der Waals surface area (Å²) < 4.78 is 47.5. The normalized spacial score (nSPS) is 11.5. The van der Waals surface area contributed by atoms with Crippen molar-refractivity contribution < 1.29 is 27.2 Å². The minimum absolute atomic E-state index is 0.287. The van der Waals surface area contributed by atoms with Crippen molar-refractivity contribution in [2.75, 3.05) is 18.6 Å². The highest BCUT2D eigenvalue weighted by Gasteiger charge is 2.38. The van der Waals surface area contributed by atoms with E-state index in [1.807, 2.05) is 26.0 Å². The third kappa shape index (κ3) is 3.52. The molecule has 1 heterocycles. The first kappa shape index (κ1) is 17.8. The molecule has 0 unspecified atom stereocenters. The van der Waals surface area contributed by atoms with E-state index in [4.69, 9.17) is 4.74 Å². The Labute approximate surface area is 137 Å². The van der Waals surface area contributed by atoms with Gasteiger partial charge in [-0.1, -0.05) is 17.3 Å². The van der Waals surface area contributed by atoms with Crippen LogP contribution in [-0.4, -0.2) is 24.7 Å². The van der Waals surface area contributed by atoms with E-state index in [0.717, 1.165) is 11.1 Å². The molecule has 0 spiro atoms. The Balaban J connectivity index is 2.08. The third-order valence-electron chi connectivity index (χ3n) is 3.79. The molecule has 8 heteroatoms. The lowest BCUT2D eigenvalue weighted by Crippen LogP contribution is -2.31. The van der Waals surface area contributed by atoms with E-state index in [2.05, 4.69) is 9.68 Å². The molecule has 0 saturated carbocycles. The maximum atomic E-state index is 12.6. The number of aromatic nitrogens is 1. The van der Waals surface area contributed by atoms with E-state index in [1.54, 1.807) is 13.1 Å². The summed E-state index contributed by atoms with van der Waals surface area (Å²) in [4.78, 5) is 13.6. The van der Waals surface area contributed by atoms with Crippen molar-refractivity contribution in [1.82, 2.24) is 5.16 Å². The Morgan fingerprint density at radius 3 is 2.50 bits per heavy atom. The number of hydrogen-bond donors (Lipinski definition) is 0. The van der Waals surface area contributed by atoms with E-state index < -0.39 is 30.3 Å². The number of nitrogens with zero attached hydrogens (tertiary/aromatic N) is 2. The molecule has 1 amide bonds. The van der Waals surface area contributed by atoms with Crippen LogP contribution in [0.1, 0.15) is 22.4 Å². The molecule has 0 saturated heterocycles. The second-order valence-electron chi connectivity index (χ2n) is 5.40. The first-order chi connectivity index (χ1) is 11.1. The lowest BCUT2D eigenvalue weighted by Gasteiger charge is -2.20. The fraction of sp³-hybridized carbons (Fsp3) is 0.375. The number of benzene rings is 1. The van der Waals surface area contributed by atoms with Gasteiger partial charge in [0.1, 0.15) is 0 Å². The molecule has 0 aliphatic rings. The number of hydrogen-bond acceptors (Lipinski definition) is 4. The first-order valence-electron chi connectivity index (χ1n) is 7.12. The minimum Gasteiger partial charge on any atom is -0.453 e. The number of rotatable bonds is 4. The summed E-state index contributed by atoms with van der Waals surface area (Å²) in [6.45, 7) is 4.51. The van der Waals surface area contributed by atoms with Crippen LogP contribution in [0.3, 0.4) is 0 Å². The summed E-state index contributed by atoms with van der Waals surface area (Å²) in [6, 6.07) is 5.52. The van der Waals surface area contributed by atoms with Gasteiger partial charge in [0.2, 0.25) is 0 Å². The molecule has 5 nitrogen and oxygen atoms in total. The number of carbonyl (C=O) groups excluding carboxylic acids is 1. The van der Waals surface area contributed by atoms with Crippen LogP contribution in [0.2, 0.25) is 0 Å². The second kappa shape index (κ2) is 6.54. The summed E-state index contributed by atoms with van der Waals surface area (Å²) in [7, 11) is 1.57. The Morgan fingerprint density at radius 2 is 1.92 bits per heavy atom. The van der Waals surface area contributed by atoms with E-state index in [0.29, 0.717) is 5.69 Å². The monoisotopic (exact) mass is 342 g/mol. The summed E-state index contributed by atoms with van der Waals surface area (Å²) >= 11 is 0. The molecule has 24 heavy (non-hydrogen) atoms. The van der Waals surface area contributed by atoms with Crippen LogP contribution in [-0.2, 0) is 11.0 Å². The van der Waals surface area contributed by atoms with Gasteiger partial charge < -0.3 is 14.2 Å². The highest BCUT2D eigenvalue weighted by atomic mass is 19.4. The van der Waals surface area contributed by atoms with Crippen molar-refractivity contribution in [3.8, 4) is 5.95 Å². The summed E-state index contributed by atoms with van der Waals surface area (Å²) in [5.41, 5.74) is 1.21. The highest BCUT2D eigenvalue weighted by Crippen LogP contribution is 2.34. The van der Waals surface area contributed by atoms with Gasteiger partial charge in [0.25, 0.3) is 5.91 Å². The smallest absolute Gasteiger partial charge is 0.437 e. The molecule has 130 valence electrons. The number of anilines is 1. The van der Waals surface area contributed by atoms with Crippen molar-refractivity contribution in [2.24, 2.45) is 0 Å². The molecule has 1 aromatic heterocycles. The van der Waals surface area contributed by atoms with Crippen LogP contribution in [0.4, 0.5) is 18.9 Å². The van der Waals surface area contributed by atoms with E-state index >= 15 is 0 Å². The number of ether oxygens (including phenoxy) is 1. The summed E-state index contributed by atoms with van der Waals surface area (Å²) in [6.07, 6.45) is -4.63. The van der Waals surface area contributed by atoms with Crippen LogP contribution in [0.5, 0.6) is 5.95 Å². The van der Waals surface area contributed by atoms with Crippen LogP contribution >= 0.6 is 0 Å². The largest absolute Gasteiger partial charge is 0.453 e. The van der Waals surface area contributed by atoms with Crippen molar-refractivity contribution >= 4 is 11.6 Å². The zero-order chi connectivity index (χ0) is 18.1. The molecule has 2 rings (SSSR count). The zero-order valence-corrected chi connectivity index (χ0v) is 13.7. The highest BCUT2D eigenvalue weighted by molar-refractivity contribution is 5.94. The van der Waals surface area contributed by atoms with Crippen molar-refractivity contribution in [3.63, 3.8) is 0 Å². The minimum atomic E-state index is -4.63. The van der Waals surface area contributed by atoms with Gasteiger partial charge in [-0.3, -0.25) is 4.79 Å². The lowest BCUT2D eigenvalue weighted by atomic mass is 10.1. The van der Waals surface area contributed by atoms with Gasteiger partial charge in [-0.25, -0.2) is 0 Å². The fourth-order valence-corrected chi connectivity index (χ4v) is 2.18. The molecule has 0 bridgehead atoms. The fourth-order valence-electron chi connectivity index (χ4n) is 2.18. The molecule has 0 radical (unpaired) electrons. The lowest BCUT2D eigenvalue weighted by molar-refractivity contribution is -0.143. The van der Waals surface area contributed by atoms with Gasteiger partial charge in [-0.2, -0.15) is 13.2 Å². The van der Waals surface area contributed by atoms with Gasteiger partial charge in [0, 0.05) is 12.7 Å². The first-order valence-corrected chi connectivity index (χ1v) is 7.12. The Kier molecular flexibility index (Phi) is 4.86. The Morgan fingerprint density at radius 1 is 1.25 bits per heavy atom. The molecule has 1 aromatic carbocycles. The number of aryl methyl sites for hydroxylation is 1. The molecular formula is C16H17F3N2O3. The quantitative estimate of drug-likeness (QED) is 0.851. The maximum Gasteiger partial charge on any atom is 0.437 e. The van der Waals surface area contributed by atoms with Gasteiger partial charge in [0.15, 0.2) is 12.3 Å². The van der Waals surface area contributed by atoms with Crippen molar-refractivity contribution in [2.45, 2.75) is 26.9 Å². The number of carbonyl (C=O) groups is 1. The molecule has 0 aliphatic carbocycles. The Hall–Kier alpha value is -2.51. The van der Waals surface area contributed by atoms with Crippen LogP contribution < -0.4 is 9.64 Å². The van der Waals surface area contributed by atoms with Crippen LogP contribution in [0.25, 0.3) is 0 Å². The zero-order valence-electron chi connectivity index (χ0n) is 13.7. The predicted molar refractivity (Wildman–Crippen MR) is 81.1 cm³/mol. The average Bonchev–Trinajstić information content (AvgIpc) is 2.88. The molecule has 0 fully saturated rings. The molecule has 0 aliphatic heterocycles. The topological polar surface area (TPSA) is 55.6 Å². The van der Waals surface area contributed by atoms with E-state index in [1.165, 1.54) is 11.8 Å². The summed E-state index contributed by atoms with van der Waals surface area (Å²) in [5.74, 6) is -0.835.